The molecule has 114 valence electrons. The van der Waals surface area contributed by atoms with E-state index in [2.05, 4.69) is 15.6 Å². The summed E-state index contributed by atoms with van der Waals surface area (Å²) in [5, 5.41) is 6.26. The highest BCUT2D eigenvalue weighted by Crippen LogP contribution is 1.83. The highest BCUT2D eigenvalue weighted by atomic mass is 127. The monoisotopic (exact) mass is 386 g/mol. The lowest BCUT2D eigenvalue weighted by Crippen LogP contribution is -2.39. The van der Waals surface area contributed by atoms with E-state index in [9.17, 15) is 4.79 Å². The Morgan fingerprint density at radius 2 is 1.95 bits per heavy atom. The molecule has 0 atom stereocenters. The second-order valence-corrected chi connectivity index (χ2v) is 3.96. The predicted octanol–water partition coefficient (Wildman–Crippen LogP) is 0.674. The summed E-state index contributed by atoms with van der Waals surface area (Å²) in [5.74, 6) is 0.658. The number of halogens is 1. The molecule has 0 aliphatic heterocycles. The van der Waals surface area contributed by atoms with Crippen molar-refractivity contribution in [2.24, 2.45) is 4.99 Å². The van der Waals surface area contributed by atoms with E-state index in [-0.39, 0.29) is 36.4 Å². The van der Waals surface area contributed by atoms with Crippen LogP contribution in [0.1, 0.15) is 20.3 Å². The molecule has 2 N–H and O–H groups in total. The molecule has 0 radical (unpaired) electrons. The Hall–Kier alpha value is -0.570. The van der Waals surface area contributed by atoms with Crippen molar-refractivity contribution in [1.82, 2.24) is 15.5 Å². The van der Waals surface area contributed by atoms with E-state index in [1.54, 1.807) is 14.1 Å². The SMILES string of the molecule is CCNC(=NCC(=O)N(C)C)NCCCOCC.I. The highest BCUT2D eigenvalue weighted by molar-refractivity contribution is 14.0. The minimum absolute atomic E-state index is 0. The maximum absolute atomic E-state index is 11.4. The third-order valence-electron chi connectivity index (χ3n) is 2.18. The minimum Gasteiger partial charge on any atom is -0.382 e. The van der Waals surface area contributed by atoms with Crippen molar-refractivity contribution in [2.75, 3.05) is 46.9 Å². The molecule has 0 aromatic heterocycles. The normalized spacial score (nSPS) is 10.6. The van der Waals surface area contributed by atoms with Gasteiger partial charge in [-0.3, -0.25) is 4.79 Å². The van der Waals surface area contributed by atoms with Crippen LogP contribution in [0.25, 0.3) is 0 Å². The molecule has 0 aromatic carbocycles. The first-order valence-electron chi connectivity index (χ1n) is 6.41. The first-order valence-corrected chi connectivity index (χ1v) is 6.41. The van der Waals surface area contributed by atoms with Gasteiger partial charge in [0.15, 0.2) is 5.96 Å². The third kappa shape index (κ3) is 12.2. The summed E-state index contributed by atoms with van der Waals surface area (Å²) in [4.78, 5) is 17.2. The molecule has 0 aliphatic carbocycles. The number of rotatable bonds is 8. The summed E-state index contributed by atoms with van der Waals surface area (Å²) in [7, 11) is 3.45. The van der Waals surface area contributed by atoms with Crippen LogP contribution >= 0.6 is 24.0 Å². The first-order chi connectivity index (χ1) is 8.61. The lowest BCUT2D eigenvalue weighted by Gasteiger charge is -2.12. The fourth-order valence-corrected chi connectivity index (χ4v) is 1.16. The second kappa shape index (κ2) is 13.9. The fourth-order valence-electron chi connectivity index (χ4n) is 1.16. The van der Waals surface area contributed by atoms with Crippen molar-refractivity contribution in [1.29, 1.82) is 0 Å². The van der Waals surface area contributed by atoms with Crippen LogP contribution in [0.3, 0.4) is 0 Å². The average Bonchev–Trinajstić information content (AvgIpc) is 2.34. The lowest BCUT2D eigenvalue weighted by atomic mass is 10.4. The van der Waals surface area contributed by atoms with E-state index in [1.165, 1.54) is 4.90 Å². The number of aliphatic imine (C=N–C) groups is 1. The summed E-state index contributed by atoms with van der Waals surface area (Å²) in [6, 6.07) is 0. The van der Waals surface area contributed by atoms with Crippen LogP contribution in [-0.2, 0) is 9.53 Å². The van der Waals surface area contributed by atoms with Crippen molar-refractivity contribution in [2.45, 2.75) is 20.3 Å². The smallest absolute Gasteiger partial charge is 0.243 e. The molecule has 0 saturated heterocycles. The molecule has 0 rings (SSSR count). The fraction of sp³-hybridized carbons (Fsp3) is 0.833. The number of amides is 1. The van der Waals surface area contributed by atoms with Crippen LogP contribution < -0.4 is 10.6 Å². The molecule has 7 heteroatoms. The Morgan fingerprint density at radius 1 is 1.26 bits per heavy atom. The molecule has 0 saturated carbocycles. The summed E-state index contributed by atoms with van der Waals surface area (Å²) in [6.07, 6.45) is 0.917. The summed E-state index contributed by atoms with van der Waals surface area (Å²) < 4.78 is 5.24. The van der Waals surface area contributed by atoms with Crippen LogP contribution in [0.15, 0.2) is 4.99 Å². The molecule has 0 fully saturated rings. The third-order valence-corrected chi connectivity index (χ3v) is 2.18. The van der Waals surface area contributed by atoms with Crippen molar-refractivity contribution in [3.63, 3.8) is 0 Å². The van der Waals surface area contributed by atoms with Gasteiger partial charge in [-0.1, -0.05) is 0 Å². The topological polar surface area (TPSA) is 66.0 Å². The highest BCUT2D eigenvalue weighted by Gasteiger charge is 2.03. The molecule has 1 amide bonds. The van der Waals surface area contributed by atoms with Gasteiger partial charge in [-0.15, -0.1) is 24.0 Å². The van der Waals surface area contributed by atoms with Gasteiger partial charge in [-0.25, -0.2) is 4.99 Å². The molecule has 0 heterocycles. The Bertz CT molecular complexity index is 260. The standard InChI is InChI=1S/C12H26N4O2.HI/c1-5-13-12(14-8-7-9-18-6-2)15-10-11(17)16(3)4;/h5-10H2,1-4H3,(H2,13,14,15);1H. The van der Waals surface area contributed by atoms with Crippen LogP contribution in [0, 0.1) is 0 Å². The minimum atomic E-state index is -0.0125. The van der Waals surface area contributed by atoms with Crippen LogP contribution in [0.5, 0.6) is 0 Å². The van der Waals surface area contributed by atoms with Crippen LogP contribution in [0.2, 0.25) is 0 Å². The van der Waals surface area contributed by atoms with E-state index >= 15 is 0 Å². The molecule has 6 nitrogen and oxygen atoms in total. The summed E-state index contributed by atoms with van der Waals surface area (Å²) >= 11 is 0. The molecule has 19 heavy (non-hydrogen) atoms. The average molecular weight is 386 g/mol. The van der Waals surface area contributed by atoms with Gasteiger partial charge in [0.2, 0.25) is 5.91 Å². The zero-order valence-corrected chi connectivity index (χ0v) is 14.7. The number of hydrogen-bond acceptors (Lipinski definition) is 3. The molecule has 0 unspecified atom stereocenters. The van der Waals surface area contributed by atoms with Gasteiger partial charge in [-0.05, 0) is 20.3 Å². The van der Waals surface area contributed by atoms with Gasteiger partial charge in [0, 0.05) is 40.4 Å². The van der Waals surface area contributed by atoms with E-state index < -0.39 is 0 Å². The zero-order chi connectivity index (χ0) is 13.8. The molecular formula is C12H27IN4O2. The number of ether oxygens (including phenoxy) is 1. The lowest BCUT2D eigenvalue weighted by molar-refractivity contribution is -0.127. The van der Waals surface area contributed by atoms with Crippen molar-refractivity contribution in [3.05, 3.63) is 0 Å². The maximum atomic E-state index is 11.4. The molecule has 0 spiro atoms. The Kier molecular flexibility index (Phi) is 15.1. The zero-order valence-electron chi connectivity index (χ0n) is 12.4. The van der Waals surface area contributed by atoms with Gasteiger partial charge in [0.25, 0.3) is 0 Å². The second-order valence-electron chi connectivity index (χ2n) is 3.96. The molecule has 0 aliphatic rings. The number of carbonyl (C=O) groups excluding carboxylic acids is 1. The summed E-state index contributed by atoms with van der Waals surface area (Å²) in [5.41, 5.74) is 0. The van der Waals surface area contributed by atoms with Crippen molar-refractivity contribution in [3.8, 4) is 0 Å². The number of likely N-dealkylation sites (N-methyl/N-ethyl adjacent to an activating group) is 1. The van der Waals surface area contributed by atoms with E-state index in [1.807, 2.05) is 13.8 Å². The summed E-state index contributed by atoms with van der Waals surface area (Å²) in [6.45, 7) is 7.16. The number of carbonyl (C=O) groups is 1. The number of guanidine groups is 1. The van der Waals surface area contributed by atoms with Crippen molar-refractivity contribution < 1.29 is 9.53 Å². The Morgan fingerprint density at radius 3 is 2.47 bits per heavy atom. The molecular weight excluding hydrogens is 359 g/mol. The molecule has 0 bridgehead atoms. The maximum Gasteiger partial charge on any atom is 0.243 e. The Balaban J connectivity index is 0. The quantitative estimate of drug-likeness (QED) is 0.279. The van der Waals surface area contributed by atoms with Gasteiger partial charge in [-0.2, -0.15) is 0 Å². The van der Waals surface area contributed by atoms with Gasteiger partial charge >= 0.3 is 0 Å². The van der Waals surface area contributed by atoms with Crippen molar-refractivity contribution >= 4 is 35.8 Å². The number of nitrogens with zero attached hydrogens (tertiary/aromatic N) is 2. The predicted molar refractivity (Wildman–Crippen MR) is 89.2 cm³/mol. The largest absolute Gasteiger partial charge is 0.382 e. The Labute approximate surface area is 133 Å². The number of nitrogens with one attached hydrogen (secondary N) is 2. The van der Waals surface area contributed by atoms with Gasteiger partial charge in [0.05, 0.1) is 0 Å². The molecule has 0 aromatic rings. The van der Waals surface area contributed by atoms with E-state index in [4.69, 9.17) is 4.74 Å². The van der Waals surface area contributed by atoms with Crippen LogP contribution in [0.4, 0.5) is 0 Å². The number of hydrogen-bond donors (Lipinski definition) is 2. The van der Waals surface area contributed by atoms with E-state index in [0.29, 0.717) is 5.96 Å². The van der Waals surface area contributed by atoms with E-state index in [0.717, 1.165) is 32.7 Å². The van der Waals surface area contributed by atoms with Gasteiger partial charge in [0.1, 0.15) is 6.54 Å². The van der Waals surface area contributed by atoms with Crippen LogP contribution in [-0.4, -0.2) is 63.7 Å². The van der Waals surface area contributed by atoms with Gasteiger partial charge < -0.3 is 20.3 Å². The first kappa shape index (κ1) is 20.7.